The highest BCUT2D eigenvalue weighted by Gasteiger charge is 2.22. The Morgan fingerprint density at radius 3 is 2.22 bits per heavy atom. The van der Waals surface area contributed by atoms with E-state index in [1.165, 1.54) is 45.6 Å². The van der Waals surface area contributed by atoms with Gasteiger partial charge in [0.15, 0.2) is 0 Å². The molecule has 2 aliphatic heterocycles. The van der Waals surface area contributed by atoms with Crippen LogP contribution in [0.15, 0.2) is 48.5 Å². The van der Waals surface area contributed by atoms with Crippen LogP contribution in [-0.2, 0) is 6.54 Å². The highest BCUT2D eigenvalue weighted by molar-refractivity contribution is 5.75. The molecule has 3 aromatic rings. The third-order valence-corrected chi connectivity index (χ3v) is 8.78. The standard InChI is InChI=1S/C34H42N6O/c1-26-33(23-36)34(31-8-4-28(22-35)5-9-31)27(2)40(26)25-29-6-10-32(11-7-29)41-21-3-16-38-17-12-30(13-18-38)24-39-19-14-37-15-20-39/h4-11,30,37H,3,12-21,24-25H2,1-2H3. The van der Waals surface area contributed by atoms with Gasteiger partial charge in [0.25, 0.3) is 0 Å². The van der Waals surface area contributed by atoms with Crippen LogP contribution in [0.3, 0.4) is 0 Å². The van der Waals surface area contributed by atoms with Crippen LogP contribution in [-0.4, -0.2) is 73.3 Å². The molecule has 0 atom stereocenters. The Bertz CT molecular complexity index is 1370. The first-order valence-corrected chi connectivity index (χ1v) is 15.0. The number of piperazine rings is 1. The van der Waals surface area contributed by atoms with Crippen LogP contribution in [0, 0.1) is 42.4 Å². The zero-order valence-electron chi connectivity index (χ0n) is 24.5. The number of likely N-dealkylation sites (tertiary alicyclic amines) is 1. The van der Waals surface area contributed by atoms with Gasteiger partial charge in [-0.1, -0.05) is 24.3 Å². The number of nitrogens with zero attached hydrogens (tertiary/aromatic N) is 5. The predicted molar refractivity (Wildman–Crippen MR) is 163 cm³/mol. The molecule has 0 aliphatic carbocycles. The van der Waals surface area contributed by atoms with Crippen molar-refractivity contribution in [1.29, 1.82) is 10.5 Å². The van der Waals surface area contributed by atoms with E-state index in [2.05, 4.69) is 63.0 Å². The summed E-state index contributed by atoms with van der Waals surface area (Å²) in [5.41, 5.74) is 6.38. The number of piperidine rings is 1. The number of nitriles is 2. The summed E-state index contributed by atoms with van der Waals surface area (Å²) in [4.78, 5) is 5.24. The maximum Gasteiger partial charge on any atom is 0.119 e. The topological polar surface area (TPSA) is 80.2 Å². The fraction of sp³-hybridized carbons (Fsp3) is 0.471. The van der Waals surface area contributed by atoms with E-state index in [4.69, 9.17) is 10.00 Å². The molecule has 214 valence electrons. The van der Waals surface area contributed by atoms with Crippen molar-refractivity contribution < 1.29 is 4.74 Å². The van der Waals surface area contributed by atoms with Crippen molar-refractivity contribution in [2.24, 2.45) is 5.92 Å². The summed E-state index contributed by atoms with van der Waals surface area (Å²) in [6.07, 6.45) is 3.68. The van der Waals surface area contributed by atoms with Gasteiger partial charge in [-0.3, -0.25) is 0 Å². The molecular weight excluding hydrogens is 508 g/mol. The van der Waals surface area contributed by atoms with Crippen LogP contribution in [0.4, 0.5) is 0 Å². The molecule has 5 rings (SSSR count). The smallest absolute Gasteiger partial charge is 0.119 e. The second kappa shape index (κ2) is 13.8. The van der Waals surface area contributed by atoms with Gasteiger partial charge in [-0.25, -0.2) is 0 Å². The minimum absolute atomic E-state index is 0.616. The van der Waals surface area contributed by atoms with E-state index in [1.807, 2.05) is 19.1 Å². The van der Waals surface area contributed by atoms with Crippen LogP contribution in [0.5, 0.6) is 5.75 Å². The molecule has 2 saturated heterocycles. The summed E-state index contributed by atoms with van der Waals surface area (Å²) in [6.45, 7) is 15.0. The zero-order chi connectivity index (χ0) is 28.6. The quantitative estimate of drug-likeness (QED) is 0.360. The van der Waals surface area contributed by atoms with Crippen LogP contribution >= 0.6 is 0 Å². The van der Waals surface area contributed by atoms with E-state index in [-0.39, 0.29) is 0 Å². The molecule has 3 heterocycles. The number of hydrogen-bond donors (Lipinski definition) is 1. The average molecular weight is 551 g/mol. The molecule has 1 N–H and O–H groups in total. The second-order valence-electron chi connectivity index (χ2n) is 11.5. The Kier molecular flexibility index (Phi) is 9.75. The van der Waals surface area contributed by atoms with Gasteiger partial charge in [0.05, 0.1) is 23.8 Å². The molecule has 2 aromatic carbocycles. The van der Waals surface area contributed by atoms with E-state index < -0.39 is 0 Å². The van der Waals surface area contributed by atoms with Gasteiger partial charge in [0, 0.05) is 62.8 Å². The third kappa shape index (κ3) is 7.18. The highest BCUT2D eigenvalue weighted by atomic mass is 16.5. The summed E-state index contributed by atoms with van der Waals surface area (Å²) < 4.78 is 8.28. The lowest BCUT2D eigenvalue weighted by Gasteiger charge is -2.36. The van der Waals surface area contributed by atoms with Crippen molar-refractivity contribution in [2.75, 3.05) is 59.0 Å². The van der Waals surface area contributed by atoms with Gasteiger partial charge in [-0.15, -0.1) is 0 Å². The summed E-state index contributed by atoms with van der Waals surface area (Å²) in [5.74, 6) is 1.76. The summed E-state index contributed by atoms with van der Waals surface area (Å²) >= 11 is 0. The van der Waals surface area contributed by atoms with Gasteiger partial charge in [0.2, 0.25) is 0 Å². The maximum absolute atomic E-state index is 9.92. The van der Waals surface area contributed by atoms with Crippen molar-refractivity contribution in [1.82, 2.24) is 19.7 Å². The summed E-state index contributed by atoms with van der Waals surface area (Å²) in [7, 11) is 0. The Morgan fingerprint density at radius 1 is 0.854 bits per heavy atom. The van der Waals surface area contributed by atoms with E-state index in [1.54, 1.807) is 12.1 Å². The largest absolute Gasteiger partial charge is 0.494 e. The lowest BCUT2D eigenvalue weighted by molar-refractivity contribution is 0.131. The Morgan fingerprint density at radius 2 is 1.56 bits per heavy atom. The van der Waals surface area contributed by atoms with Crippen LogP contribution in [0.2, 0.25) is 0 Å². The van der Waals surface area contributed by atoms with E-state index >= 15 is 0 Å². The number of rotatable bonds is 10. The van der Waals surface area contributed by atoms with Gasteiger partial charge < -0.3 is 24.4 Å². The first-order chi connectivity index (χ1) is 20.1. The monoisotopic (exact) mass is 550 g/mol. The molecule has 0 spiro atoms. The van der Waals surface area contributed by atoms with Crippen molar-refractivity contribution in [2.45, 2.75) is 39.7 Å². The van der Waals surface area contributed by atoms with Gasteiger partial charge in [-0.2, -0.15) is 10.5 Å². The molecule has 0 saturated carbocycles. The molecule has 0 unspecified atom stereocenters. The second-order valence-corrected chi connectivity index (χ2v) is 11.5. The first-order valence-electron chi connectivity index (χ1n) is 15.0. The first kappa shape index (κ1) is 28.9. The minimum Gasteiger partial charge on any atom is -0.494 e. The van der Waals surface area contributed by atoms with Crippen LogP contribution < -0.4 is 10.1 Å². The fourth-order valence-electron chi connectivity index (χ4n) is 6.33. The average Bonchev–Trinajstić information content (AvgIpc) is 3.25. The number of benzene rings is 2. The molecular formula is C34H42N6O. The Labute approximate surface area is 244 Å². The Balaban J connectivity index is 1.09. The summed E-state index contributed by atoms with van der Waals surface area (Å²) in [5, 5.41) is 22.5. The van der Waals surface area contributed by atoms with Gasteiger partial charge in [0.1, 0.15) is 11.8 Å². The normalized spacial score (nSPS) is 16.8. The van der Waals surface area contributed by atoms with Crippen molar-refractivity contribution in [3.05, 3.63) is 76.6 Å². The molecule has 7 nitrogen and oxygen atoms in total. The third-order valence-electron chi connectivity index (χ3n) is 8.78. The molecule has 7 heteroatoms. The van der Waals surface area contributed by atoms with E-state index in [0.29, 0.717) is 17.7 Å². The van der Waals surface area contributed by atoms with Gasteiger partial charge >= 0.3 is 0 Å². The minimum atomic E-state index is 0.616. The molecule has 41 heavy (non-hydrogen) atoms. The number of aromatic nitrogens is 1. The van der Waals surface area contributed by atoms with Crippen LogP contribution in [0.1, 0.15) is 47.3 Å². The predicted octanol–water partition coefficient (Wildman–Crippen LogP) is 4.95. The lowest BCUT2D eigenvalue weighted by Crippen LogP contribution is -2.47. The van der Waals surface area contributed by atoms with Crippen molar-refractivity contribution in [3.63, 3.8) is 0 Å². The fourth-order valence-corrected chi connectivity index (χ4v) is 6.33. The Hall–Kier alpha value is -3.62. The number of nitrogens with one attached hydrogen (secondary N) is 1. The molecule has 1 aromatic heterocycles. The van der Waals surface area contributed by atoms with Gasteiger partial charge in [-0.05, 0) is 87.5 Å². The molecule has 0 radical (unpaired) electrons. The number of hydrogen-bond acceptors (Lipinski definition) is 6. The van der Waals surface area contributed by atoms with Crippen LogP contribution in [0.25, 0.3) is 11.1 Å². The lowest BCUT2D eigenvalue weighted by atomic mass is 9.96. The molecule has 0 bridgehead atoms. The molecule has 2 aliphatic rings. The SMILES string of the molecule is Cc1c(C#N)c(-c2ccc(C#N)cc2)c(C)n1Cc1ccc(OCCCN2CCC(CN3CCNCC3)CC2)cc1. The molecule has 2 fully saturated rings. The summed E-state index contributed by atoms with van der Waals surface area (Å²) in [6, 6.07) is 20.4. The highest BCUT2D eigenvalue weighted by Crippen LogP contribution is 2.33. The number of ether oxygens (including phenoxy) is 1. The van der Waals surface area contributed by atoms with E-state index in [0.717, 1.165) is 72.4 Å². The van der Waals surface area contributed by atoms with Crippen molar-refractivity contribution >= 4 is 0 Å². The van der Waals surface area contributed by atoms with E-state index in [9.17, 15) is 5.26 Å². The molecule has 0 amide bonds. The van der Waals surface area contributed by atoms with Crippen molar-refractivity contribution in [3.8, 4) is 29.0 Å². The zero-order valence-corrected chi connectivity index (χ0v) is 24.5. The maximum atomic E-state index is 9.92.